The molecule has 172 valence electrons. The first-order valence-electron chi connectivity index (χ1n) is 11.4. The lowest BCUT2D eigenvalue weighted by molar-refractivity contribution is -0.122. The fourth-order valence-electron chi connectivity index (χ4n) is 4.65. The molecule has 0 spiro atoms. The van der Waals surface area contributed by atoms with Gasteiger partial charge in [0, 0.05) is 44.2 Å². The Kier molecular flexibility index (Phi) is 7.55. The number of aromatic nitrogens is 1. The molecule has 1 amide bonds. The zero-order valence-corrected chi connectivity index (χ0v) is 18.4. The SMILES string of the molecule is O=C(c1ccc(CN2CCCC2)cc1)N1CCc2oc(C3CCOCC3)nc2C1.O=CO. The second kappa shape index (κ2) is 10.7. The highest BCUT2D eigenvalue weighted by molar-refractivity contribution is 5.94. The standard InChI is InChI=1S/C23H29N3O3.CH2O2/c27-23(19-5-3-17(4-6-19)15-25-10-1-2-11-25)26-12-7-21-20(16-26)24-22(29-21)18-8-13-28-14-9-18;2-1-3/h3-6,18H,1-2,7-16H2;1H,(H,2,3). The molecule has 3 aliphatic rings. The van der Waals surface area contributed by atoms with Crippen molar-refractivity contribution in [3.8, 4) is 0 Å². The summed E-state index contributed by atoms with van der Waals surface area (Å²) in [5.74, 6) is 2.22. The Bertz CT molecular complexity index is 899. The Balaban J connectivity index is 0.000000775. The Morgan fingerprint density at radius 2 is 1.81 bits per heavy atom. The molecule has 0 aliphatic carbocycles. The molecule has 8 heteroatoms. The number of hydrogen-bond donors (Lipinski definition) is 1. The number of likely N-dealkylation sites (tertiary alicyclic amines) is 1. The second-order valence-corrected chi connectivity index (χ2v) is 8.57. The van der Waals surface area contributed by atoms with Crippen molar-refractivity contribution in [2.24, 2.45) is 0 Å². The number of carboxylic acid groups (broad SMARTS) is 1. The van der Waals surface area contributed by atoms with Crippen LogP contribution in [0.15, 0.2) is 28.7 Å². The van der Waals surface area contributed by atoms with Crippen LogP contribution in [-0.2, 0) is 29.0 Å². The first-order chi connectivity index (χ1) is 15.7. The molecule has 1 aromatic heterocycles. The zero-order chi connectivity index (χ0) is 22.3. The summed E-state index contributed by atoms with van der Waals surface area (Å²) in [5, 5.41) is 6.89. The molecule has 2 aromatic rings. The van der Waals surface area contributed by atoms with Crippen molar-refractivity contribution in [3.63, 3.8) is 0 Å². The van der Waals surface area contributed by atoms with Gasteiger partial charge in [-0.3, -0.25) is 14.5 Å². The molecule has 32 heavy (non-hydrogen) atoms. The summed E-state index contributed by atoms with van der Waals surface area (Å²) in [4.78, 5) is 30.5. The van der Waals surface area contributed by atoms with E-state index in [4.69, 9.17) is 24.0 Å². The molecule has 0 radical (unpaired) electrons. The third kappa shape index (κ3) is 5.37. The van der Waals surface area contributed by atoms with Gasteiger partial charge in [-0.15, -0.1) is 0 Å². The van der Waals surface area contributed by atoms with E-state index in [1.165, 1.54) is 31.5 Å². The predicted octanol–water partition coefficient (Wildman–Crippen LogP) is 3.06. The molecule has 0 saturated carbocycles. The molecule has 0 bridgehead atoms. The van der Waals surface area contributed by atoms with Gasteiger partial charge in [0.05, 0.1) is 6.54 Å². The third-order valence-electron chi connectivity index (χ3n) is 6.41. The molecule has 8 nitrogen and oxygen atoms in total. The highest BCUT2D eigenvalue weighted by Crippen LogP contribution is 2.30. The normalized spacial score (nSPS) is 19.2. The smallest absolute Gasteiger partial charge is 0.290 e. The van der Waals surface area contributed by atoms with Crippen molar-refractivity contribution < 1.29 is 23.8 Å². The molecule has 2 saturated heterocycles. The average molecular weight is 442 g/mol. The molecule has 1 N–H and O–H groups in total. The van der Waals surface area contributed by atoms with Gasteiger partial charge in [0.25, 0.3) is 12.4 Å². The number of benzene rings is 1. The van der Waals surface area contributed by atoms with Gasteiger partial charge in [-0.25, -0.2) is 4.98 Å². The quantitative estimate of drug-likeness (QED) is 0.729. The van der Waals surface area contributed by atoms with Gasteiger partial charge in [-0.2, -0.15) is 0 Å². The molecule has 0 unspecified atom stereocenters. The number of hydrogen-bond acceptors (Lipinski definition) is 6. The molecule has 0 atom stereocenters. The first-order valence-corrected chi connectivity index (χ1v) is 11.4. The van der Waals surface area contributed by atoms with Crippen molar-refractivity contribution >= 4 is 12.4 Å². The van der Waals surface area contributed by atoms with E-state index in [9.17, 15) is 4.79 Å². The van der Waals surface area contributed by atoms with Gasteiger partial charge in [0.2, 0.25) is 0 Å². The van der Waals surface area contributed by atoms with Crippen LogP contribution in [0.2, 0.25) is 0 Å². The molecule has 4 heterocycles. The largest absolute Gasteiger partial charge is 0.483 e. The van der Waals surface area contributed by atoms with E-state index in [0.717, 1.165) is 61.9 Å². The maximum Gasteiger partial charge on any atom is 0.290 e. The highest BCUT2D eigenvalue weighted by atomic mass is 16.5. The lowest BCUT2D eigenvalue weighted by Gasteiger charge is -2.25. The maximum absolute atomic E-state index is 13.0. The van der Waals surface area contributed by atoms with Crippen LogP contribution in [0.3, 0.4) is 0 Å². The van der Waals surface area contributed by atoms with Gasteiger partial charge in [0.1, 0.15) is 11.5 Å². The van der Waals surface area contributed by atoms with E-state index in [1.807, 2.05) is 17.0 Å². The van der Waals surface area contributed by atoms with Crippen LogP contribution in [0, 0.1) is 0 Å². The number of fused-ring (bicyclic) bond motifs is 1. The van der Waals surface area contributed by atoms with Crippen LogP contribution in [0.5, 0.6) is 0 Å². The summed E-state index contributed by atoms with van der Waals surface area (Å²) >= 11 is 0. The summed E-state index contributed by atoms with van der Waals surface area (Å²) in [6.45, 7) is 5.87. The number of carbonyl (C=O) groups excluding carboxylic acids is 1. The van der Waals surface area contributed by atoms with Gasteiger partial charge in [-0.1, -0.05) is 12.1 Å². The lowest BCUT2D eigenvalue weighted by Crippen LogP contribution is -2.35. The van der Waals surface area contributed by atoms with Crippen molar-refractivity contribution in [1.82, 2.24) is 14.8 Å². The van der Waals surface area contributed by atoms with Crippen LogP contribution in [0.1, 0.15) is 64.9 Å². The van der Waals surface area contributed by atoms with Crippen LogP contribution in [0.4, 0.5) is 0 Å². The Hall–Kier alpha value is -2.71. The van der Waals surface area contributed by atoms with Gasteiger partial charge in [-0.05, 0) is 56.5 Å². The summed E-state index contributed by atoms with van der Waals surface area (Å²) < 4.78 is 11.5. The van der Waals surface area contributed by atoms with Gasteiger partial charge >= 0.3 is 0 Å². The van der Waals surface area contributed by atoms with E-state index in [-0.39, 0.29) is 12.4 Å². The van der Waals surface area contributed by atoms with E-state index < -0.39 is 0 Å². The van der Waals surface area contributed by atoms with Crippen LogP contribution in [0.25, 0.3) is 0 Å². The second-order valence-electron chi connectivity index (χ2n) is 8.57. The average Bonchev–Trinajstić information content (AvgIpc) is 3.49. The van der Waals surface area contributed by atoms with E-state index in [0.29, 0.717) is 19.0 Å². The summed E-state index contributed by atoms with van der Waals surface area (Å²) in [6, 6.07) is 8.14. The molecule has 2 fully saturated rings. The summed E-state index contributed by atoms with van der Waals surface area (Å²) in [6.07, 6.45) is 5.26. The number of oxazole rings is 1. The fourth-order valence-corrected chi connectivity index (χ4v) is 4.65. The number of carbonyl (C=O) groups is 2. The third-order valence-corrected chi connectivity index (χ3v) is 6.41. The fraction of sp³-hybridized carbons (Fsp3) is 0.542. The van der Waals surface area contributed by atoms with Crippen molar-refractivity contribution in [2.75, 3.05) is 32.8 Å². The molecule has 1 aromatic carbocycles. The summed E-state index contributed by atoms with van der Waals surface area (Å²) in [7, 11) is 0. The first kappa shape index (κ1) is 22.5. The van der Waals surface area contributed by atoms with E-state index in [1.54, 1.807) is 0 Å². The minimum atomic E-state index is -0.250. The summed E-state index contributed by atoms with van der Waals surface area (Å²) in [5.41, 5.74) is 2.96. The van der Waals surface area contributed by atoms with Crippen LogP contribution < -0.4 is 0 Å². The van der Waals surface area contributed by atoms with Gasteiger partial charge < -0.3 is 19.2 Å². The van der Waals surface area contributed by atoms with E-state index >= 15 is 0 Å². The number of amides is 1. The Labute approximate surface area is 188 Å². The molecule has 3 aliphatic heterocycles. The minimum absolute atomic E-state index is 0.0824. The lowest BCUT2D eigenvalue weighted by atomic mass is 10.0. The predicted molar refractivity (Wildman–Crippen MR) is 117 cm³/mol. The number of rotatable bonds is 4. The van der Waals surface area contributed by atoms with Crippen molar-refractivity contribution in [1.29, 1.82) is 0 Å². The Morgan fingerprint density at radius 3 is 2.50 bits per heavy atom. The Morgan fingerprint density at radius 1 is 1.12 bits per heavy atom. The molecular formula is C24H31N3O5. The number of ether oxygens (including phenoxy) is 1. The maximum atomic E-state index is 13.0. The van der Waals surface area contributed by atoms with Crippen LogP contribution >= 0.6 is 0 Å². The zero-order valence-electron chi connectivity index (χ0n) is 18.4. The van der Waals surface area contributed by atoms with Gasteiger partial charge in [0.15, 0.2) is 5.89 Å². The monoisotopic (exact) mass is 441 g/mol. The molecule has 5 rings (SSSR count). The van der Waals surface area contributed by atoms with Crippen LogP contribution in [-0.4, -0.2) is 65.1 Å². The van der Waals surface area contributed by atoms with E-state index in [2.05, 4.69) is 17.0 Å². The van der Waals surface area contributed by atoms with Crippen molar-refractivity contribution in [2.45, 2.75) is 51.1 Å². The highest BCUT2D eigenvalue weighted by Gasteiger charge is 2.29. The topological polar surface area (TPSA) is 96.1 Å². The molecular weight excluding hydrogens is 410 g/mol. The minimum Gasteiger partial charge on any atom is -0.483 e. The van der Waals surface area contributed by atoms with Crippen molar-refractivity contribution in [3.05, 3.63) is 52.7 Å². The number of nitrogens with zero attached hydrogens (tertiary/aromatic N) is 3.